The standard InChI is InChI=1S/C27H27N5O2S/c1-17-5-9-19(10-6-17)29-24-22(14-28)21-13-27(2,3)34-15-23(21)25-30-31-26(32(24)25)35-16-18-7-11-20(33-4)12-8-18/h5-12,29H,13,15-16H2,1-4H3. The summed E-state index contributed by atoms with van der Waals surface area (Å²) in [5, 5.41) is 23.6. The molecule has 0 aliphatic carbocycles. The van der Waals surface area contributed by atoms with E-state index in [4.69, 9.17) is 9.47 Å². The number of aromatic nitrogens is 3. The lowest BCUT2D eigenvalue weighted by atomic mass is 9.89. The molecular formula is C27H27N5O2S. The fourth-order valence-corrected chi connectivity index (χ4v) is 5.17. The number of aryl methyl sites for hydroxylation is 1. The van der Waals surface area contributed by atoms with E-state index < -0.39 is 0 Å². The first-order valence-electron chi connectivity index (χ1n) is 11.4. The van der Waals surface area contributed by atoms with Gasteiger partial charge in [-0.2, -0.15) is 5.26 Å². The molecule has 5 rings (SSSR count). The van der Waals surface area contributed by atoms with Crippen LogP contribution in [0.5, 0.6) is 5.75 Å². The molecule has 0 amide bonds. The van der Waals surface area contributed by atoms with Crippen molar-refractivity contribution in [2.75, 3.05) is 12.4 Å². The van der Waals surface area contributed by atoms with Gasteiger partial charge in [0.15, 0.2) is 10.8 Å². The Kier molecular flexibility index (Phi) is 6.13. The molecule has 0 bridgehead atoms. The number of methoxy groups -OCH3 is 1. The van der Waals surface area contributed by atoms with Gasteiger partial charge < -0.3 is 14.8 Å². The number of ether oxygens (including phenoxy) is 2. The van der Waals surface area contributed by atoms with E-state index in [9.17, 15) is 5.26 Å². The van der Waals surface area contributed by atoms with Crippen LogP contribution in [0.15, 0.2) is 53.7 Å². The maximum atomic E-state index is 10.3. The molecule has 0 atom stereocenters. The van der Waals surface area contributed by atoms with Crippen molar-refractivity contribution in [3.63, 3.8) is 0 Å². The van der Waals surface area contributed by atoms with Crippen molar-refractivity contribution in [1.82, 2.24) is 14.6 Å². The van der Waals surface area contributed by atoms with Crippen molar-refractivity contribution < 1.29 is 9.47 Å². The predicted molar refractivity (Wildman–Crippen MR) is 137 cm³/mol. The number of pyridine rings is 1. The van der Waals surface area contributed by atoms with Crippen LogP contribution in [-0.4, -0.2) is 27.3 Å². The zero-order valence-corrected chi connectivity index (χ0v) is 21.1. The van der Waals surface area contributed by atoms with Crippen molar-refractivity contribution in [1.29, 1.82) is 5.26 Å². The molecule has 1 N–H and O–H groups in total. The number of rotatable bonds is 6. The van der Waals surface area contributed by atoms with E-state index >= 15 is 0 Å². The summed E-state index contributed by atoms with van der Waals surface area (Å²) in [5.41, 5.74) is 6.10. The van der Waals surface area contributed by atoms with Crippen LogP contribution < -0.4 is 10.1 Å². The second-order valence-electron chi connectivity index (χ2n) is 9.29. The summed E-state index contributed by atoms with van der Waals surface area (Å²) < 4.78 is 13.3. The summed E-state index contributed by atoms with van der Waals surface area (Å²) in [6.07, 6.45) is 0.630. The molecule has 8 heteroatoms. The van der Waals surface area contributed by atoms with Crippen molar-refractivity contribution in [3.05, 3.63) is 76.3 Å². The molecule has 0 saturated carbocycles. The number of hydrogen-bond acceptors (Lipinski definition) is 7. The van der Waals surface area contributed by atoms with Crippen LogP contribution in [0.4, 0.5) is 11.5 Å². The third-order valence-electron chi connectivity index (χ3n) is 6.19. The average molecular weight is 486 g/mol. The normalized spacial score (nSPS) is 14.4. The SMILES string of the molecule is COc1ccc(CSc2nnc3c4c(c(C#N)c(Nc5ccc(C)cc5)n23)CC(C)(C)OC4)cc1. The topological polar surface area (TPSA) is 84.5 Å². The first kappa shape index (κ1) is 23.2. The second-order valence-corrected chi connectivity index (χ2v) is 10.2. The molecule has 0 fully saturated rings. The highest BCUT2D eigenvalue weighted by molar-refractivity contribution is 7.98. The van der Waals surface area contributed by atoms with Gasteiger partial charge in [0.1, 0.15) is 17.6 Å². The Bertz CT molecular complexity index is 1420. The maximum Gasteiger partial charge on any atom is 0.197 e. The Hall–Kier alpha value is -3.54. The van der Waals surface area contributed by atoms with Crippen LogP contribution in [0.25, 0.3) is 5.65 Å². The quantitative estimate of drug-likeness (QED) is 0.345. The number of nitrogens with one attached hydrogen (secondary N) is 1. The molecule has 7 nitrogen and oxygen atoms in total. The summed E-state index contributed by atoms with van der Waals surface area (Å²) in [6.45, 7) is 6.55. The van der Waals surface area contributed by atoms with Gasteiger partial charge in [0, 0.05) is 23.4 Å². The average Bonchev–Trinajstić information content (AvgIpc) is 3.28. The number of nitrogens with zero attached hydrogens (tertiary/aromatic N) is 4. The van der Waals surface area contributed by atoms with E-state index in [1.807, 2.05) is 66.8 Å². The summed E-state index contributed by atoms with van der Waals surface area (Å²) in [6, 6.07) is 18.6. The first-order valence-corrected chi connectivity index (χ1v) is 12.4. The summed E-state index contributed by atoms with van der Waals surface area (Å²) >= 11 is 1.58. The highest BCUT2D eigenvalue weighted by Gasteiger charge is 2.33. The number of anilines is 2. The number of hydrogen-bond donors (Lipinski definition) is 1. The van der Waals surface area contributed by atoms with Gasteiger partial charge >= 0.3 is 0 Å². The smallest absolute Gasteiger partial charge is 0.197 e. The maximum absolute atomic E-state index is 10.3. The largest absolute Gasteiger partial charge is 0.497 e. The summed E-state index contributed by atoms with van der Waals surface area (Å²) in [5.74, 6) is 2.21. The minimum atomic E-state index is -0.357. The first-order chi connectivity index (χ1) is 16.9. The molecule has 3 heterocycles. The van der Waals surface area contributed by atoms with E-state index in [2.05, 4.69) is 28.5 Å². The van der Waals surface area contributed by atoms with Gasteiger partial charge in [0.05, 0.1) is 24.9 Å². The van der Waals surface area contributed by atoms with Gasteiger partial charge in [-0.1, -0.05) is 41.6 Å². The van der Waals surface area contributed by atoms with E-state index in [0.717, 1.165) is 38.9 Å². The van der Waals surface area contributed by atoms with Crippen LogP contribution in [0.2, 0.25) is 0 Å². The third-order valence-corrected chi connectivity index (χ3v) is 7.19. The monoisotopic (exact) mass is 485 g/mol. The Balaban J connectivity index is 1.62. The van der Waals surface area contributed by atoms with Gasteiger partial charge in [0.2, 0.25) is 0 Å². The zero-order chi connectivity index (χ0) is 24.6. The summed E-state index contributed by atoms with van der Waals surface area (Å²) in [7, 11) is 1.66. The van der Waals surface area contributed by atoms with Crippen molar-refractivity contribution in [2.24, 2.45) is 0 Å². The second kappa shape index (κ2) is 9.25. The highest BCUT2D eigenvalue weighted by Crippen LogP contribution is 2.38. The molecule has 178 valence electrons. The lowest BCUT2D eigenvalue weighted by molar-refractivity contribution is -0.0397. The van der Waals surface area contributed by atoms with Crippen molar-refractivity contribution in [2.45, 2.75) is 50.3 Å². The minimum Gasteiger partial charge on any atom is -0.497 e. The molecule has 1 aliphatic rings. The van der Waals surface area contributed by atoms with Gasteiger partial charge in [-0.25, -0.2) is 0 Å². The number of nitriles is 1. The van der Waals surface area contributed by atoms with Gasteiger partial charge in [-0.3, -0.25) is 4.40 Å². The molecule has 2 aromatic carbocycles. The Morgan fingerprint density at radius 3 is 2.54 bits per heavy atom. The number of benzene rings is 2. The van der Waals surface area contributed by atoms with Crippen molar-refractivity contribution in [3.8, 4) is 11.8 Å². The molecule has 4 aromatic rings. The van der Waals surface area contributed by atoms with E-state index in [1.54, 1.807) is 18.9 Å². The molecule has 0 unspecified atom stereocenters. The van der Waals surface area contributed by atoms with Crippen LogP contribution in [0.3, 0.4) is 0 Å². The van der Waals surface area contributed by atoms with Crippen LogP contribution in [-0.2, 0) is 23.5 Å². The lowest BCUT2D eigenvalue weighted by Gasteiger charge is -2.33. The van der Waals surface area contributed by atoms with Crippen LogP contribution in [0.1, 0.15) is 41.7 Å². The number of fused-ring (bicyclic) bond motifs is 3. The highest BCUT2D eigenvalue weighted by atomic mass is 32.2. The predicted octanol–water partition coefficient (Wildman–Crippen LogP) is 5.81. The molecule has 0 radical (unpaired) electrons. The molecule has 1 aliphatic heterocycles. The van der Waals surface area contributed by atoms with Gasteiger partial charge in [0.25, 0.3) is 0 Å². The third kappa shape index (κ3) is 4.57. The van der Waals surface area contributed by atoms with Crippen LogP contribution >= 0.6 is 11.8 Å². The summed E-state index contributed by atoms with van der Waals surface area (Å²) in [4.78, 5) is 0. The minimum absolute atomic E-state index is 0.357. The van der Waals surface area contributed by atoms with E-state index in [-0.39, 0.29) is 5.60 Å². The van der Waals surface area contributed by atoms with Crippen LogP contribution in [0, 0.1) is 18.3 Å². The molecular weight excluding hydrogens is 458 g/mol. The fraction of sp³-hybridized carbons (Fsp3) is 0.296. The molecule has 2 aromatic heterocycles. The molecule has 0 spiro atoms. The van der Waals surface area contributed by atoms with Gasteiger partial charge in [-0.05, 0) is 56.2 Å². The lowest BCUT2D eigenvalue weighted by Crippen LogP contribution is -2.33. The number of thioether (sulfide) groups is 1. The fourth-order valence-electron chi connectivity index (χ4n) is 4.27. The molecule has 0 saturated heterocycles. The Morgan fingerprint density at radius 1 is 1.11 bits per heavy atom. The van der Waals surface area contributed by atoms with Crippen molar-refractivity contribution >= 4 is 28.9 Å². The zero-order valence-electron chi connectivity index (χ0n) is 20.3. The van der Waals surface area contributed by atoms with E-state index in [0.29, 0.717) is 30.2 Å². The van der Waals surface area contributed by atoms with E-state index in [1.165, 1.54) is 5.56 Å². The Morgan fingerprint density at radius 2 is 1.86 bits per heavy atom. The Labute approximate surface area is 209 Å². The van der Waals surface area contributed by atoms with Gasteiger partial charge in [-0.15, -0.1) is 10.2 Å². The molecule has 35 heavy (non-hydrogen) atoms.